The average molecular weight is 344 g/mol. The zero-order chi connectivity index (χ0) is 17.5. The van der Waals surface area contributed by atoms with Crippen LogP contribution in [-0.2, 0) is 13.6 Å². The second kappa shape index (κ2) is 8.71. The topological polar surface area (TPSA) is 70.6 Å². The fraction of sp³-hybridized carbons (Fsp3) is 0.556. The summed E-state index contributed by atoms with van der Waals surface area (Å²) < 4.78 is 7.53. The first-order chi connectivity index (χ1) is 12.3. The lowest BCUT2D eigenvalue weighted by atomic mass is 10.2. The Morgan fingerprint density at radius 3 is 2.80 bits per heavy atom. The van der Waals surface area contributed by atoms with Crippen LogP contribution in [-0.4, -0.2) is 46.8 Å². The van der Waals surface area contributed by atoms with Crippen molar-refractivity contribution in [3.8, 4) is 0 Å². The van der Waals surface area contributed by atoms with E-state index in [2.05, 4.69) is 38.6 Å². The SMILES string of the molecule is CCNC(=NCc1ccnn1C)NCC(c1ccco1)N1CCCC1. The van der Waals surface area contributed by atoms with Crippen LogP contribution in [0.2, 0.25) is 0 Å². The van der Waals surface area contributed by atoms with Gasteiger partial charge in [0.2, 0.25) is 0 Å². The van der Waals surface area contributed by atoms with Crippen molar-refractivity contribution in [3.05, 3.63) is 42.1 Å². The van der Waals surface area contributed by atoms with Crippen molar-refractivity contribution >= 4 is 5.96 Å². The predicted octanol–water partition coefficient (Wildman–Crippen LogP) is 1.91. The standard InChI is InChI=1S/C18H28N6O/c1-3-19-18(20-13-15-8-9-22-23(15)2)21-14-16(17-7-6-12-25-17)24-10-4-5-11-24/h6-9,12,16H,3-5,10-11,13-14H2,1-2H3,(H2,19,20,21). The molecule has 1 atom stereocenters. The summed E-state index contributed by atoms with van der Waals surface area (Å²) in [6.07, 6.45) is 6.06. The van der Waals surface area contributed by atoms with Gasteiger partial charge in [-0.15, -0.1) is 0 Å². The Hall–Kier alpha value is -2.28. The van der Waals surface area contributed by atoms with Crippen molar-refractivity contribution in [3.63, 3.8) is 0 Å². The molecule has 0 saturated carbocycles. The molecule has 3 heterocycles. The van der Waals surface area contributed by atoms with E-state index >= 15 is 0 Å². The van der Waals surface area contributed by atoms with Gasteiger partial charge in [-0.05, 0) is 51.1 Å². The summed E-state index contributed by atoms with van der Waals surface area (Å²) in [5.74, 6) is 1.83. The molecule has 2 aromatic rings. The third-order valence-electron chi connectivity index (χ3n) is 4.58. The van der Waals surface area contributed by atoms with E-state index in [1.807, 2.05) is 23.9 Å². The van der Waals surface area contributed by atoms with Crippen molar-refractivity contribution in [2.24, 2.45) is 12.0 Å². The first-order valence-electron chi connectivity index (χ1n) is 9.04. The highest BCUT2D eigenvalue weighted by atomic mass is 16.3. The number of nitrogens with zero attached hydrogens (tertiary/aromatic N) is 4. The Labute approximate surface area is 149 Å². The van der Waals surface area contributed by atoms with Gasteiger partial charge in [-0.25, -0.2) is 4.99 Å². The molecule has 1 aliphatic rings. The highest BCUT2D eigenvalue weighted by molar-refractivity contribution is 5.79. The molecular formula is C18H28N6O. The molecule has 3 rings (SSSR count). The molecule has 136 valence electrons. The first kappa shape index (κ1) is 17.5. The first-order valence-corrected chi connectivity index (χ1v) is 9.04. The molecule has 1 fully saturated rings. The quantitative estimate of drug-likeness (QED) is 0.593. The number of rotatable bonds is 7. The third kappa shape index (κ3) is 4.63. The zero-order valence-electron chi connectivity index (χ0n) is 15.1. The van der Waals surface area contributed by atoms with Crippen molar-refractivity contribution < 1.29 is 4.42 Å². The van der Waals surface area contributed by atoms with Gasteiger partial charge in [-0.2, -0.15) is 5.10 Å². The molecule has 0 bridgehead atoms. The number of likely N-dealkylation sites (tertiary alicyclic amines) is 1. The van der Waals surface area contributed by atoms with Gasteiger partial charge in [-0.3, -0.25) is 9.58 Å². The van der Waals surface area contributed by atoms with Crippen LogP contribution in [0.4, 0.5) is 0 Å². The number of aryl methyl sites for hydroxylation is 1. The molecule has 7 nitrogen and oxygen atoms in total. The summed E-state index contributed by atoms with van der Waals surface area (Å²) in [6, 6.07) is 6.24. The maximum atomic E-state index is 5.68. The largest absolute Gasteiger partial charge is 0.468 e. The number of hydrogen-bond donors (Lipinski definition) is 2. The smallest absolute Gasteiger partial charge is 0.191 e. The van der Waals surface area contributed by atoms with Gasteiger partial charge in [0, 0.05) is 26.3 Å². The average Bonchev–Trinajstić information content (AvgIpc) is 3.36. The van der Waals surface area contributed by atoms with E-state index < -0.39 is 0 Å². The fourth-order valence-corrected chi connectivity index (χ4v) is 3.20. The molecule has 2 N–H and O–H groups in total. The number of guanidine groups is 1. The maximum absolute atomic E-state index is 5.68. The van der Waals surface area contributed by atoms with Gasteiger partial charge in [-0.1, -0.05) is 0 Å². The molecule has 1 aliphatic heterocycles. The highest BCUT2D eigenvalue weighted by Crippen LogP contribution is 2.24. The van der Waals surface area contributed by atoms with E-state index in [1.54, 1.807) is 12.5 Å². The molecular weight excluding hydrogens is 316 g/mol. The summed E-state index contributed by atoms with van der Waals surface area (Å²) in [5.41, 5.74) is 1.08. The summed E-state index contributed by atoms with van der Waals surface area (Å²) in [6.45, 7) is 6.51. The summed E-state index contributed by atoms with van der Waals surface area (Å²) in [7, 11) is 1.94. The van der Waals surface area contributed by atoms with Crippen molar-refractivity contribution in [2.75, 3.05) is 26.2 Å². The van der Waals surface area contributed by atoms with Crippen LogP contribution in [0.3, 0.4) is 0 Å². The van der Waals surface area contributed by atoms with Crippen molar-refractivity contribution in [2.45, 2.75) is 32.4 Å². The van der Waals surface area contributed by atoms with Gasteiger partial charge in [0.15, 0.2) is 5.96 Å². The minimum atomic E-state index is 0.234. The molecule has 0 aromatic carbocycles. The zero-order valence-corrected chi connectivity index (χ0v) is 15.1. The summed E-state index contributed by atoms with van der Waals surface area (Å²) >= 11 is 0. The number of hydrogen-bond acceptors (Lipinski definition) is 4. The monoisotopic (exact) mass is 344 g/mol. The van der Waals surface area contributed by atoms with Crippen molar-refractivity contribution in [1.82, 2.24) is 25.3 Å². The molecule has 0 spiro atoms. The van der Waals surface area contributed by atoms with Gasteiger partial charge >= 0.3 is 0 Å². The van der Waals surface area contributed by atoms with E-state index in [0.29, 0.717) is 6.54 Å². The molecule has 0 amide bonds. The Bertz CT molecular complexity index is 657. The number of aliphatic imine (C=N–C) groups is 1. The Balaban J connectivity index is 1.64. The minimum absolute atomic E-state index is 0.234. The highest BCUT2D eigenvalue weighted by Gasteiger charge is 2.25. The molecule has 0 radical (unpaired) electrons. The van der Waals surface area contributed by atoms with Crippen LogP contribution in [0, 0.1) is 0 Å². The molecule has 7 heteroatoms. The van der Waals surface area contributed by atoms with Crippen LogP contribution in [0.1, 0.15) is 37.3 Å². The van der Waals surface area contributed by atoms with Crippen LogP contribution in [0.15, 0.2) is 40.1 Å². The molecule has 0 aliphatic carbocycles. The van der Waals surface area contributed by atoms with Crippen LogP contribution in [0.5, 0.6) is 0 Å². The van der Waals surface area contributed by atoms with Crippen LogP contribution < -0.4 is 10.6 Å². The van der Waals surface area contributed by atoms with Crippen LogP contribution in [0.25, 0.3) is 0 Å². The van der Waals surface area contributed by atoms with Gasteiger partial charge in [0.25, 0.3) is 0 Å². The Kier molecular flexibility index (Phi) is 6.11. The predicted molar refractivity (Wildman–Crippen MR) is 98.3 cm³/mol. The van der Waals surface area contributed by atoms with E-state index in [9.17, 15) is 0 Å². The Morgan fingerprint density at radius 2 is 2.16 bits per heavy atom. The van der Waals surface area contributed by atoms with Gasteiger partial charge in [0.1, 0.15) is 5.76 Å². The molecule has 25 heavy (non-hydrogen) atoms. The van der Waals surface area contributed by atoms with E-state index in [4.69, 9.17) is 4.42 Å². The van der Waals surface area contributed by atoms with E-state index in [-0.39, 0.29) is 6.04 Å². The van der Waals surface area contributed by atoms with E-state index in [0.717, 1.165) is 43.6 Å². The lowest BCUT2D eigenvalue weighted by molar-refractivity contribution is 0.215. The second-order valence-electron chi connectivity index (χ2n) is 6.30. The third-order valence-corrected chi connectivity index (χ3v) is 4.58. The minimum Gasteiger partial charge on any atom is -0.468 e. The lowest BCUT2D eigenvalue weighted by Crippen LogP contribution is -2.42. The fourth-order valence-electron chi connectivity index (χ4n) is 3.20. The Morgan fingerprint density at radius 1 is 1.32 bits per heavy atom. The number of nitrogens with one attached hydrogen (secondary N) is 2. The van der Waals surface area contributed by atoms with Gasteiger partial charge in [0.05, 0.1) is 24.5 Å². The second-order valence-corrected chi connectivity index (χ2v) is 6.30. The normalized spacial score (nSPS) is 17.0. The molecule has 1 unspecified atom stereocenters. The number of furan rings is 1. The number of aromatic nitrogens is 2. The van der Waals surface area contributed by atoms with Crippen molar-refractivity contribution in [1.29, 1.82) is 0 Å². The molecule has 1 saturated heterocycles. The summed E-state index contributed by atoms with van der Waals surface area (Å²) in [4.78, 5) is 7.16. The van der Waals surface area contributed by atoms with Gasteiger partial charge < -0.3 is 15.1 Å². The maximum Gasteiger partial charge on any atom is 0.191 e. The summed E-state index contributed by atoms with van der Waals surface area (Å²) in [5, 5.41) is 11.0. The molecule has 2 aromatic heterocycles. The van der Waals surface area contributed by atoms with E-state index in [1.165, 1.54) is 12.8 Å². The van der Waals surface area contributed by atoms with Crippen LogP contribution >= 0.6 is 0 Å². The lowest BCUT2D eigenvalue weighted by Gasteiger charge is -2.26.